The topological polar surface area (TPSA) is 52.0 Å². The van der Waals surface area contributed by atoms with E-state index in [2.05, 4.69) is 53.3 Å². The van der Waals surface area contributed by atoms with Gasteiger partial charge in [-0.2, -0.15) is 0 Å². The van der Waals surface area contributed by atoms with Crippen LogP contribution in [0.1, 0.15) is 58.4 Å². The first-order valence-electron chi connectivity index (χ1n) is 17.3. The number of hydrogen-bond acceptors (Lipinski definition) is 6. The first kappa shape index (κ1) is 34.1. The Morgan fingerprint density at radius 1 is 0.783 bits per heavy atom. The number of aromatic nitrogens is 2. The number of benzene rings is 3. The Balaban J connectivity index is 1.36. The molecule has 0 spiro atoms. The largest absolute Gasteiger partial charge is 0.493 e. The van der Waals surface area contributed by atoms with E-state index in [1.165, 1.54) is 31.5 Å². The van der Waals surface area contributed by atoms with Gasteiger partial charge in [0.1, 0.15) is 29.4 Å². The molecule has 1 aliphatic heterocycles. The first-order chi connectivity index (χ1) is 22.6. The number of nitrogens with zero attached hydrogens (tertiary/aromatic N) is 4. The van der Waals surface area contributed by atoms with E-state index in [0.29, 0.717) is 19.8 Å². The molecular formula is C38H51ClN4O3. The Bertz CT molecular complexity index is 1480. The van der Waals surface area contributed by atoms with Crippen LogP contribution in [0.5, 0.6) is 17.2 Å². The molecule has 0 N–H and O–H groups in total. The summed E-state index contributed by atoms with van der Waals surface area (Å²) >= 11 is 6.02. The van der Waals surface area contributed by atoms with Gasteiger partial charge in [0.05, 0.1) is 18.7 Å². The molecule has 0 bridgehead atoms. The van der Waals surface area contributed by atoms with E-state index in [1.54, 1.807) is 0 Å². The van der Waals surface area contributed by atoms with Gasteiger partial charge in [0, 0.05) is 48.8 Å². The molecule has 1 fully saturated rings. The SMILES string of the molecule is CCCCn1c(-c2ccc(OCCc3ccc(Cl)cc3)cc2)nc2c(OCCCN(CC)CC)cc(OCCN3CCCC3)cc21. The minimum absolute atomic E-state index is 0.603. The quantitative estimate of drug-likeness (QED) is 0.0955. The summed E-state index contributed by atoms with van der Waals surface area (Å²) in [7, 11) is 0. The van der Waals surface area contributed by atoms with Crippen LogP contribution < -0.4 is 14.2 Å². The first-order valence-corrected chi connectivity index (χ1v) is 17.7. The van der Waals surface area contributed by atoms with Gasteiger partial charge in [-0.25, -0.2) is 4.98 Å². The van der Waals surface area contributed by atoms with Crippen molar-refractivity contribution in [3.8, 4) is 28.6 Å². The molecule has 46 heavy (non-hydrogen) atoms. The third-order valence-electron chi connectivity index (χ3n) is 8.86. The molecule has 7 nitrogen and oxygen atoms in total. The summed E-state index contributed by atoms with van der Waals surface area (Å²) in [5.74, 6) is 3.43. The summed E-state index contributed by atoms with van der Waals surface area (Å²) in [5.41, 5.74) is 4.21. The third kappa shape index (κ3) is 9.40. The number of halogens is 1. The van der Waals surface area contributed by atoms with E-state index in [4.69, 9.17) is 30.8 Å². The zero-order chi connectivity index (χ0) is 32.1. The average Bonchev–Trinajstić information content (AvgIpc) is 3.73. The van der Waals surface area contributed by atoms with Crippen molar-refractivity contribution in [1.29, 1.82) is 0 Å². The van der Waals surface area contributed by atoms with Crippen molar-refractivity contribution in [2.75, 3.05) is 59.1 Å². The number of fused-ring (bicyclic) bond motifs is 1. The smallest absolute Gasteiger partial charge is 0.150 e. The van der Waals surface area contributed by atoms with Crippen molar-refractivity contribution >= 4 is 22.6 Å². The number of aryl methyl sites for hydroxylation is 1. The number of likely N-dealkylation sites (tertiary alicyclic amines) is 1. The maximum absolute atomic E-state index is 6.47. The van der Waals surface area contributed by atoms with Gasteiger partial charge in [0.15, 0.2) is 5.75 Å². The Kier molecular flexibility index (Phi) is 13.0. The lowest BCUT2D eigenvalue weighted by Gasteiger charge is -2.18. The van der Waals surface area contributed by atoms with Crippen LogP contribution in [-0.4, -0.2) is 78.4 Å². The van der Waals surface area contributed by atoms with Gasteiger partial charge in [0.2, 0.25) is 0 Å². The highest BCUT2D eigenvalue weighted by Crippen LogP contribution is 2.35. The highest BCUT2D eigenvalue weighted by Gasteiger charge is 2.19. The summed E-state index contributed by atoms with van der Waals surface area (Å²) < 4.78 is 21.3. The maximum atomic E-state index is 6.47. The van der Waals surface area contributed by atoms with Crippen molar-refractivity contribution in [3.63, 3.8) is 0 Å². The normalized spacial score (nSPS) is 13.6. The zero-order valence-corrected chi connectivity index (χ0v) is 28.7. The fraction of sp³-hybridized carbons (Fsp3) is 0.500. The number of rotatable bonds is 19. The number of hydrogen-bond donors (Lipinski definition) is 0. The minimum atomic E-state index is 0.603. The van der Waals surface area contributed by atoms with E-state index in [1.807, 2.05) is 42.5 Å². The molecule has 1 aromatic heterocycles. The molecule has 2 heterocycles. The Morgan fingerprint density at radius 2 is 1.52 bits per heavy atom. The van der Waals surface area contributed by atoms with Gasteiger partial charge in [-0.3, -0.25) is 4.90 Å². The number of imidazole rings is 1. The van der Waals surface area contributed by atoms with Gasteiger partial charge < -0.3 is 23.7 Å². The van der Waals surface area contributed by atoms with Gasteiger partial charge in [-0.1, -0.05) is 50.9 Å². The third-order valence-corrected chi connectivity index (χ3v) is 9.11. The fourth-order valence-electron chi connectivity index (χ4n) is 6.07. The highest BCUT2D eigenvalue weighted by atomic mass is 35.5. The van der Waals surface area contributed by atoms with Gasteiger partial charge in [0.25, 0.3) is 0 Å². The molecule has 0 atom stereocenters. The van der Waals surface area contributed by atoms with Crippen LogP contribution in [0.2, 0.25) is 5.02 Å². The van der Waals surface area contributed by atoms with E-state index < -0.39 is 0 Å². The predicted octanol–water partition coefficient (Wildman–Crippen LogP) is 8.36. The van der Waals surface area contributed by atoms with Crippen LogP contribution in [0, 0.1) is 0 Å². The van der Waals surface area contributed by atoms with Crippen molar-refractivity contribution in [2.24, 2.45) is 0 Å². The molecule has 248 valence electrons. The van der Waals surface area contributed by atoms with Crippen molar-refractivity contribution in [2.45, 2.75) is 65.8 Å². The summed E-state index contributed by atoms with van der Waals surface area (Å²) in [6, 6.07) is 20.4. The number of ether oxygens (including phenoxy) is 3. The van der Waals surface area contributed by atoms with E-state index in [-0.39, 0.29) is 0 Å². The standard InChI is InChI=1S/C38H51ClN4O3/c1-4-7-23-43-35-28-34(45-27-24-42-20-8-9-21-42)29-36(46-25-10-22-41(5-2)6-3)37(35)40-38(43)31-13-17-33(18-14-31)44-26-19-30-11-15-32(39)16-12-30/h11-18,28-29H,4-10,19-27H2,1-3H3. The van der Waals surface area contributed by atoms with Crippen LogP contribution in [-0.2, 0) is 13.0 Å². The van der Waals surface area contributed by atoms with Crippen LogP contribution >= 0.6 is 11.6 Å². The second-order valence-corrected chi connectivity index (χ2v) is 12.5. The summed E-state index contributed by atoms with van der Waals surface area (Å²) in [5, 5.41) is 0.750. The Hall–Kier alpha value is -3.26. The van der Waals surface area contributed by atoms with E-state index in [9.17, 15) is 0 Å². The summed E-state index contributed by atoms with van der Waals surface area (Å²) in [6.07, 6.45) is 6.52. The Labute approximate surface area is 280 Å². The second-order valence-electron chi connectivity index (χ2n) is 12.1. The van der Waals surface area contributed by atoms with Crippen molar-refractivity contribution in [3.05, 3.63) is 71.2 Å². The van der Waals surface area contributed by atoms with Gasteiger partial charge >= 0.3 is 0 Å². The summed E-state index contributed by atoms with van der Waals surface area (Å²) in [6.45, 7) is 15.9. The van der Waals surface area contributed by atoms with Gasteiger partial charge in [-0.15, -0.1) is 0 Å². The van der Waals surface area contributed by atoms with Crippen LogP contribution in [0.25, 0.3) is 22.4 Å². The lowest BCUT2D eigenvalue weighted by atomic mass is 10.1. The molecule has 0 aliphatic carbocycles. The second kappa shape index (κ2) is 17.6. The fourth-order valence-corrected chi connectivity index (χ4v) is 6.20. The molecule has 4 aromatic rings. The zero-order valence-electron chi connectivity index (χ0n) is 28.0. The number of unbranched alkanes of at least 4 members (excludes halogenated alkanes) is 1. The lowest BCUT2D eigenvalue weighted by molar-refractivity contribution is 0.234. The molecule has 0 radical (unpaired) electrons. The van der Waals surface area contributed by atoms with Crippen LogP contribution in [0.15, 0.2) is 60.7 Å². The lowest BCUT2D eigenvalue weighted by Crippen LogP contribution is -2.25. The van der Waals surface area contributed by atoms with Crippen LogP contribution in [0.3, 0.4) is 0 Å². The average molecular weight is 647 g/mol. The maximum Gasteiger partial charge on any atom is 0.150 e. The molecule has 0 amide bonds. The molecule has 0 saturated carbocycles. The van der Waals surface area contributed by atoms with Crippen molar-refractivity contribution in [1.82, 2.24) is 19.4 Å². The molecule has 1 aliphatic rings. The van der Waals surface area contributed by atoms with E-state index in [0.717, 1.165) is 103 Å². The van der Waals surface area contributed by atoms with Gasteiger partial charge in [-0.05, 0) is 93.8 Å². The Morgan fingerprint density at radius 3 is 2.24 bits per heavy atom. The summed E-state index contributed by atoms with van der Waals surface area (Å²) in [4.78, 5) is 10.1. The predicted molar refractivity (Wildman–Crippen MR) is 190 cm³/mol. The molecule has 5 rings (SSSR count). The van der Waals surface area contributed by atoms with Crippen LogP contribution in [0.4, 0.5) is 0 Å². The highest BCUT2D eigenvalue weighted by molar-refractivity contribution is 6.30. The molecule has 3 aromatic carbocycles. The molecule has 0 unspecified atom stereocenters. The molecule has 1 saturated heterocycles. The molecular weight excluding hydrogens is 596 g/mol. The minimum Gasteiger partial charge on any atom is -0.493 e. The molecule has 8 heteroatoms. The monoisotopic (exact) mass is 646 g/mol. The van der Waals surface area contributed by atoms with Crippen molar-refractivity contribution < 1.29 is 14.2 Å². The van der Waals surface area contributed by atoms with E-state index >= 15 is 0 Å².